The van der Waals surface area contributed by atoms with Crippen molar-refractivity contribution >= 4 is 23.7 Å². The lowest BCUT2D eigenvalue weighted by molar-refractivity contribution is 0.0949. The molecule has 0 atom stereocenters. The van der Waals surface area contributed by atoms with Crippen LogP contribution in [0, 0.1) is 0 Å². The van der Waals surface area contributed by atoms with Crippen molar-refractivity contribution < 1.29 is 4.79 Å². The molecule has 0 aliphatic rings. The zero-order valence-corrected chi connectivity index (χ0v) is 10.4. The van der Waals surface area contributed by atoms with Crippen LogP contribution in [0.15, 0.2) is 46.3 Å². The minimum atomic E-state index is -0.513. The van der Waals surface area contributed by atoms with Crippen molar-refractivity contribution in [3.8, 4) is 0 Å². The maximum atomic E-state index is 11.6. The lowest BCUT2D eigenvalue weighted by Gasteiger charge is -1.97. The largest absolute Gasteiger partial charge is 0.291 e. The number of hydrogen-bond donors (Lipinski definition) is 2. The molecule has 1 amide bonds. The van der Waals surface area contributed by atoms with Crippen LogP contribution in [0.2, 0.25) is 5.02 Å². The summed E-state index contributed by atoms with van der Waals surface area (Å²) in [4.78, 5) is 22.4. The van der Waals surface area contributed by atoms with Crippen LogP contribution < -0.4 is 11.0 Å². The Morgan fingerprint density at radius 2 is 2.00 bits per heavy atom. The third-order valence-corrected chi connectivity index (χ3v) is 2.41. The first-order valence-electron chi connectivity index (χ1n) is 5.30. The molecule has 2 N–H and O–H groups in total. The molecule has 0 saturated heterocycles. The highest BCUT2D eigenvalue weighted by molar-refractivity contribution is 6.30. The van der Waals surface area contributed by atoms with Crippen molar-refractivity contribution in [2.45, 2.75) is 0 Å². The number of carbonyl (C=O) groups excluding carboxylic acids is 1. The first-order valence-corrected chi connectivity index (χ1v) is 5.67. The van der Waals surface area contributed by atoms with Crippen molar-refractivity contribution in [2.75, 3.05) is 0 Å². The Labute approximate surface area is 113 Å². The van der Waals surface area contributed by atoms with E-state index in [0.717, 1.165) is 5.56 Å². The van der Waals surface area contributed by atoms with Gasteiger partial charge in [-0.3, -0.25) is 9.59 Å². The lowest BCUT2D eigenvalue weighted by Crippen LogP contribution is -2.21. The zero-order valence-electron chi connectivity index (χ0n) is 9.63. The molecule has 0 bridgehead atoms. The Kier molecular flexibility index (Phi) is 4.04. The van der Waals surface area contributed by atoms with Crippen LogP contribution in [0.4, 0.5) is 0 Å². The van der Waals surface area contributed by atoms with Crippen LogP contribution in [0.5, 0.6) is 0 Å². The van der Waals surface area contributed by atoms with E-state index in [1.807, 2.05) is 0 Å². The van der Waals surface area contributed by atoms with Crippen LogP contribution in [0.1, 0.15) is 16.1 Å². The van der Waals surface area contributed by atoms with E-state index in [4.69, 9.17) is 11.6 Å². The molecule has 0 saturated carbocycles. The number of rotatable bonds is 3. The molecule has 2 rings (SSSR count). The summed E-state index contributed by atoms with van der Waals surface area (Å²) in [6.45, 7) is 0. The minimum absolute atomic E-state index is 0.0767. The van der Waals surface area contributed by atoms with Crippen molar-refractivity contribution in [1.29, 1.82) is 0 Å². The quantitative estimate of drug-likeness (QED) is 0.652. The summed E-state index contributed by atoms with van der Waals surface area (Å²) in [5, 5.41) is 10.1. The van der Waals surface area contributed by atoms with Crippen molar-refractivity contribution in [3.05, 3.63) is 63.0 Å². The zero-order chi connectivity index (χ0) is 13.7. The van der Waals surface area contributed by atoms with Crippen LogP contribution in [-0.2, 0) is 0 Å². The molecule has 1 aromatic carbocycles. The fourth-order valence-electron chi connectivity index (χ4n) is 1.24. The second-order valence-corrected chi connectivity index (χ2v) is 3.99. The maximum Gasteiger partial charge on any atom is 0.291 e. The van der Waals surface area contributed by atoms with Gasteiger partial charge in [0.2, 0.25) is 0 Å². The average molecular weight is 277 g/mol. The summed E-state index contributed by atoms with van der Waals surface area (Å²) in [7, 11) is 0. The molecule has 0 aliphatic heterocycles. The SMILES string of the molecule is O=C(NN=Cc1ccc(Cl)cc1)c1ccc(=O)[nH]n1. The second kappa shape index (κ2) is 5.92. The number of nitrogens with zero attached hydrogens (tertiary/aromatic N) is 2. The van der Waals surface area contributed by atoms with Crippen LogP contribution in [0.3, 0.4) is 0 Å². The Hall–Kier alpha value is -2.47. The highest BCUT2D eigenvalue weighted by atomic mass is 35.5. The topological polar surface area (TPSA) is 87.2 Å². The van der Waals surface area contributed by atoms with E-state index in [1.54, 1.807) is 24.3 Å². The van der Waals surface area contributed by atoms with Gasteiger partial charge in [-0.1, -0.05) is 23.7 Å². The molecule has 1 aromatic heterocycles. The van der Waals surface area contributed by atoms with Gasteiger partial charge in [-0.15, -0.1) is 0 Å². The minimum Gasteiger partial charge on any atom is -0.268 e. The molecular weight excluding hydrogens is 268 g/mol. The number of aromatic amines is 1. The predicted octanol–water partition coefficient (Wildman–Crippen LogP) is 1.19. The molecule has 0 aliphatic carbocycles. The molecule has 1 heterocycles. The Morgan fingerprint density at radius 1 is 1.26 bits per heavy atom. The predicted molar refractivity (Wildman–Crippen MR) is 71.4 cm³/mol. The van der Waals surface area contributed by atoms with Gasteiger partial charge in [0.05, 0.1) is 6.21 Å². The lowest BCUT2D eigenvalue weighted by atomic mass is 10.2. The number of hydrogen-bond acceptors (Lipinski definition) is 4. The highest BCUT2D eigenvalue weighted by Crippen LogP contribution is 2.07. The fraction of sp³-hybridized carbons (Fsp3) is 0. The molecule has 6 nitrogen and oxygen atoms in total. The highest BCUT2D eigenvalue weighted by Gasteiger charge is 2.04. The maximum absolute atomic E-state index is 11.6. The van der Waals surface area contributed by atoms with E-state index in [-0.39, 0.29) is 11.3 Å². The molecule has 0 unspecified atom stereocenters. The molecular formula is C12H9ClN4O2. The fourth-order valence-corrected chi connectivity index (χ4v) is 1.37. The first-order chi connectivity index (χ1) is 9.15. The first kappa shape index (κ1) is 13.0. The Balaban J connectivity index is 1.98. The van der Waals surface area contributed by atoms with Gasteiger partial charge in [0.1, 0.15) is 0 Å². The standard InChI is InChI=1S/C12H9ClN4O2/c13-9-3-1-8(2-4-9)7-14-17-12(19)10-5-6-11(18)16-15-10/h1-7H,(H,16,18)(H,17,19). The van der Waals surface area contributed by atoms with E-state index in [2.05, 4.69) is 20.7 Å². The molecule has 0 spiro atoms. The average Bonchev–Trinajstić information content (AvgIpc) is 2.41. The Morgan fingerprint density at radius 3 is 2.63 bits per heavy atom. The van der Waals surface area contributed by atoms with Crippen LogP contribution in [0.25, 0.3) is 0 Å². The number of hydrazone groups is 1. The van der Waals surface area contributed by atoms with E-state index in [9.17, 15) is 9.59 Å². The third-order valence-electron chi connectivity index (χ3n) is 2.16. The number of H-pyrrole nitrogens is 1. The summed E-state index contributed by atoms with van der Waals surface area (Å²) in [5.74, 6) is -0.513. The number of amides is 1. The molecule has 2 aromatic rings. The number of carbonyl (C=O) groups is 1. The summed E-state index contributed by atoms with van der Waals surface area (Å²) in [6.07, 6.45) is 1.47. The van der Waals surface area contributed by atoms with E-state index >= 15 is 0 Å². The van der Waals surface area contributed by atoms with Gasteiger partial charge < -0.3 is 0 Å². The molecule has 7 heteroatoms. The number of aromatic nitrogens is 2. The summed E-state index contributed by atoms with van der Waals surface area (Å²) in [6, 6.07) is 9.48. The molecule has 96 valence electrons. The summed E-state index contributed by atoms with van der Waals surface area (Å²) in [5.41, 5.74) is 2.79. The second-order valence-electron chi connectivity index (χ2n) is 3.56. The van der Waals surface area contributed by atoms with Crippen molar-refractivity contribution in [2.24, 2.45) is 5.10 Å². The van der Waals surface area contributed by atoms with E-state index in [1.165, 1.54) is 18.3 Å². The Bertz CT molecular complexity index is 644. The summed E-state index contributed by atoms with van der Waals surface area (Å²) >= 11 is 5.74. The van der Waals surface area contributed by atoms with Gasteiger partial charge in [-0.05, 0) is 23.8 Å². The summed E-state index contributed by atoms with van der Waals surface area (Å²) < 4.78 is 0. The smallest absolute Gasteiger partial charge is 0.268 e. The van der Waals surface area contributed by atoms with Crippen molar-refractivity contribution in [1.82, 2.24) is 15.6 Å². The van der Waals surface area contributed by atoms with E-state index < -0.39 is 5.91 Å². The molecule has 0 radical (unpaired) electrons. The number of halogens is 1. The van der Waals surface area contributed by atoms with Crippen LogP contribution >= 0.6 is 11.6 Å². The van der Waals surface area contributed by atoms with Crippen molar-refractivity contribution in [3.63, 3.8) is 0 Å². The number of benzene rings is 1. The van der Waals surface area contributed by atoms with Gasteiger partial charge in [0, 0.05) is 11.1 Å². The monoisotopic (exact) mass is 276 g/mol. The normalized spacial score (nSPS) is 10.6. The number of nitrogens with one attached hydrogen (secondary N) is 2. The van der Waals surface area contributed by atoms with Gasteiger partial charge in [0.15, 0.2) is 5.69 Å². The molecule has 0 fully saturated rings. The van der Waals surface area contributed by atoms with Gasteiger partial charge >= 0.3 is 0 Å². The van der Waals surface area contributed by atoms with Crippen LogP contribution in [-0.4, -0.2) is 22.3 Å². The van der Waals surface area contributed by atoms with E-state index in [0.29, 0.717) is 5.02 Å². The van der Waals surface area contributed by atoms with Gasteiger partial charge in [0.25, 0.3) is 11.5 Å². The third kappa shape index (κ3) is 3.75. The van der Waals surface area contributed by atoms with Gasteiger partial charge in [-0.25, -0.2) is 10.5 Å². The van der Waals surface area contributed by atoms with Gasteiger partial charge in [-0.2, -0.15) is 10.2 Å². The molecule has 19 heavy (non-hydrogen) atoms.